The molecule has 22 heavy (non-hydrogen) atoms. The Balaban J connectivity index is 2.09. The molecule has 0 aliphatic rings. The predicted octanol–water partition coefficient (Wildman–Crippen LogP) is 3.73. The lowest BCUT2D eigenvalue weighted by atomic mass is 10.2. The van der Waals surface area contributed by atoms with E-state index in [2.05, 4.69) is 45.8 Å². The van der Waals surface area contributed by atoms with Crippen LogP contribution in [0.25, 0.3) is 22.6 Å². The van der Waals surface area contributed by atoms with Gasteiger partial charge in [0.1, 0.15) is 12.2 Å². The fraction of sp³-hybridized carbons (Fsp3) is 0.353. The summed E-state index contributed by atoms with van der Waals surface area (Å²) < 4.78 is 2.14. The van der Waals surface area contributed by atoms with Crippen LogP contribution in [-0.4, -0.2) is 26.1 Å². The Hall–Kier alpha value is -2.43. The van der Waals surface area contributed by atoms with Crippen molar-refractivity contribution < 1.29 is 0 Å². The molecule has 0 fully saturated rings. The third-order valence-electron chi connectivity index (χ3n) is 3.70. The van der Waals surface area contributed by atoms with E-state index in [1.165, 1.54) is 0 Å². The van der Waals surface area contributed by atoms with E-state index in [0.717, 1.165) is 54.3 Å². The first-order valence-electron chi connectivity index (χ1n) is 7.85. The van der Waals surface area contributed by atoms with Gasteiger partial charge in [-0.15, -0.1) is 0 Å². The molecule has 0 saturated heterocycles. The van der Waals surface area contributed by atoms with Crippen LogP contribution in [0.4, 0.5) is 5.82 Å². The number of hydrogen-bond donors (Lipinski definition) is 1. The molecule has 0 bridgehead atoms. The highest BCUT2D eigenvalue weighted by Crippen LogP contribution is 2.26. The van der Waals surface area contributed by atoms with E-state index in [1.807, 2.05) is 18.2 Å². The molecule has 114 valence electrons. The van der Waals surface area contributed by atoms with Gasteiger partial charge in [-0.05, 0) is 13.3 Å². The number of anilines is 1. The molecule has 0 atom stereocenters. The molecule has 0 saturated carbocycles. The van der Waals surface area contributed by atoms with Crippen molar-refractivity contribution in [1.82, 2.24) is 19.5 Å². The fourth-order valence-electron chi connectivity index (χ4n) is 2.56. The summed E-state index contributed by atoms with van der Waals surface area (Å²) in [5.74, 6) is 1.76. The molecule has 5 nitrogen and oxygen atoms in total. The first-order chi connectivity index (χ1) is 10.8. The molecule has 0 spiro atoms. The molecule has 3 rings (SSSR count). The van der Waals surface area contributed by atoms with Gasteiger partial charge in [0.15, 0.2) is 17.0 Å². The molecule has 0 radical (unpaired) electrons. The summed E-state index contributed by atoms with van der Waals surface area (Å²) in [4.78, 5) is 13.6. The van der Waals surface area contributed by atoms with Crippen molar-refractivity contribution in [3.8, 4) is 11.4 Å². The van der Waals surface area contributed by atoms with Gasteiger partial charge in [0.25, 0.3) is 0 Å². The molecule has 0 unspecified atom stereocenters. The molecule has 1 N–H and O–H groups in total. The standard InChI is InChI=1S/C17H21N5/c1-3-5-11-18-15-14-17(20-12-19-15)22(4-2)16(21-14)13-9-7-6-8-10-13/h6-10,12H,3-5,11H2,1-2H3,(H,18,19,20). The Bertz CT molecular complexity index is 748. The maximum absolute atomic E-state index is 4.81. The Morgan fingerprint density at radius 3 is 2.64 bits per heavy atom. The molecule has 0 aliphatic heterocycles. The third kappa shape index (κ3) is 2.66. The van der Waals surface area contributed by atoms with E-state index in [9.17, 15) is 0 Å². The number of nitrogens with zero attached hydrogens (tertiary/aromatic N) is 4. The number of unbranched alkanes of at least 4 members (excludes halogenated alkanes) is 1. The van der Waals surface area contributed by atoms with E-state index in [0.29, 0.717) is 0 Å². The summed E-state index contributed by atoms with van der Waals surface area (Å²) in [6, 6.07) is 10.2. The number of rotatable bonds is 6. The Kier molecular flexibility index (Phi) is 4.32. The van der Waals surface area contributed by atoms with Crippen molar-refractivity contribution in [1.29, 1.82) is 0 Å². The summed E-state index contributed by atoms with van der Waals surface area (Å²) in [7, 11) is 0. The lowest BCUT2D eigenvalue weighted by Gasteiger charge is -2.05. The molecular formula is C17H21N5. The summed E-state index contributed by atoms with van der Waals surface area (Å²) >= 11 is 0. The number of aromatic nitrogens is 4. The van der Waals surface area contributed by atoms with Crippen molar-refractivity contribution in [3.63, 3.8) is 0 Å². The van der Waals surface area contributed by atoms with Crippen molar-refractivity contribution in [2.75, 3.05) is 11.9 Å². The zero-order chi connectivity index (χ0) is 15.4. The second kappa shape index (κ2) is 6.56. The number of benzene rings is 1. The maximum Gasteiger partial charge on any atom is 0.165 e. The fourth-order valence-corrected chi connectivity index (χ4v) is 2.56. The largest absolute Gasteiger partial charge is 0.368 e. The minimum absolute atomic E-state index is 0.822. The third-order valence-corrected chi connectivity index (χ3v) is 3.70. The second-order valence-electron chi connectivity index (χ2n) is 5.22. The number of aryl methyl sites for hydroxylation is 1. The summed E-state index contributed by atoms with van der Waals surface area (Å²) in [6.45, 7) is 6.02. The lowest BCUT2D eigenvalue weighted by molar-refractivity contribution is 0.786. The highest BCUT2D eigenvalue weighted by molar-refractivity contribution is 5.86. The molecule has 0 aliphatic carbocycles. The SMILES string of the molecule is CCCCNc1ncnc2c1nc(-c1ccccc1)n2CC. The molecule has 2 heterocycles. The summed E-state index contributed by atoms with van der Waals surface area (Å²) in [5, 5.41) is 3.38. The van der Waals surface area contributed by atoms with Crippen LogP contribution in [0.1, 0.15) is 26.7 Å². The second-order valence-corrected chi connectivity index (χ2v) is 5.22. The molecule has 2 aromatic heterocycles. The van der Waals surface area contributed by atoms with Gasteiger partial charge in [0.2, 0.25) is 0 Å². The number of hydrogen-bond acceptors (Lipinski definition) is 4. The van der Waals surface area contributed by atoms with Crippen LogP contribution < -0.4 is 5.32 Å². The van der Waals surface area contributed by atoms with Gasteiger partial charge >= 0.3 is 0 Å². The zero-order valence-corrected chi connectivity index (χ0v) is 13.1. The topological polar surface area (TPSA) is 55.6 Å². The van der Waals surface area contributed by atoms with Gasteiger partial charge < -0.3 is 9.88 Å². The van der Waals surface area contributed by atoms with Crippen LogP contribution in [0.3, 0.4) is 0 Å². The van der Waals surface area contributed by atoms with Gasteiger partial charge in [-0.2, -0.15) is 0 Å². The van der Waals surface area contributed by atoms with Gasteiger partial charge in [0, 0.05) is 18.7 Å². The van der Waals surface area contributed by atoms with Crippen LogP contribution in [0.5, 0.6) is 0 Å². The van der Waals surface area contributed by atoms with Crippen molar-refractivity contribution in [2.45, 2.75) is 33.2 Å². The first-order valence-corrected chi connectivity index (χ1v) is 7.85. The molecule has 1 aromatic carbocycles. The predicted molar refractivity (Wildman–Crippen MR) is 89.8 cm³/mol. The highest BCUT2D eigenvalue weighted by atomic mass is 15.2. The van der Waals surface area contributed by atoms with Crippen molar-refractivity contribution >= 4 is 17.0 Å². The van der Waals surface area contributed by atoms with E-state index in [-0.39, 0.29) is 0 Å². The first kappa shape index (κ1) is 14.5. The van der Waals surface area contributed by atoms with Crippen LogP contribution in [0, 0.1) is 0 Å². The lowest BCUT2D eigenvalue weighted by Crippen LogP contribution is -2.04. The molecule has 3 aromatic rings. The Labute approximate surface area is 130 Å². The normalized spacial score (nSPS) is 11.0. The Morgan fingerprint density at radius 2 is 1.91 bits per heavy atom. The Morgan fingerprint density at radius 1 is 1.09 bits per heavy atom. The quantitative estimate of drug-likeness (QED) is 0.704. The molecular weight excluding hydrogens is 274 g/mol. The zero-order valence-electron chi connectivity index (χ0n) is 13.1. The van der Waals surface area contributed by atoms with E-state index in [1.54, 1.807) is 6.33 Å². The van der Waals surface area contributed by atoms with Gasteiger partial charge in [-0.25, -0.2) is 15.0 Å². The molecule has 5 heteroatoms. The molecule has 0 amide bonds. The van der Waals surface area contributed by atoms with E-state index < -0.39 is 0 Å². The van der Waals surface area contributed by atoms with Gasteiger partial charge in [-0.3, -0.25) is 0 Å². The minimum Gasteiger partial charge on any atom is -0.368 e. The van der Waals surface area contributed by atoms with Crippen LogP contribution in [-0.2, 0) is 6.54 Å². The highest BCUT2D eigenvalue weighted by Gasteiger charge is 2.15. The van der Waals surface area contributed by atoms with Crippen LogP contribution >= 0.6 is 0 Å². The average molecular weight is 295 g/mol. The van der Waals surface area contributed by atoms with Gasteiger partial charge in [-0.1, -0.05) is 43.7 Å². The maximum atomic E-state index is 4.81. The number of imidazole rings is 1. The monoisotopic (exact) mass is 295 g/mol. The van der Waals surface area contributed by atoms with Gasteiger partial charge in [0.05, 0.1) is 0 Å². The van der Waals surface area contributed by atoms with Crippen molar-refractivity contribution in [2.24, 2.45) is 0 Å². The summed E-state index contributed by atoms with van der Waals surface area (Å²) in [6.07, 6.45) is 3.88. The smallest absolute Gasteiger partial charge is 0.165 e. The number of nitrogens with one attached hydrogen (secondary N) is 1. The number of fused-ring (bicyclic) bond motifs is 1. The minimum atomic E-state index is 0.822. The van der Waals surface area contributed by atoms with Crippen LogP contribution in [0.15, 0.2) is 36.7 Å². The van der Waals surface area contributed by atoms with Crippen molar-refractivity contribution in [3.05, 3.63) is 36.7 Å². The average Bonchev–Trinajstić information content (AvgIpc) is 2.95. The summed E-state index contributed by atoms with van der Waals surface area (Å²) in [5.41, 5.74) is 2.83. The van der Waals surface area contributed by atoms with E-state index in [4.69, 9.17) is 4.98 Å². The van der Waals surface area contributed by atoms with E-state index >= 15 is 0 Å². The van der Waals surface area contributed by atoms with Crippen LogP contribution in [0.2, 0.25) is 0 Å².